The lowest BCUT2D eigenvalue weighted by atomic mass is 9.80. The van der Waals surface area contributed by atoms with Crippen molar-refractivity contribution < 1.29 is 14.6 Å². The lowest BCUT2D eigenvalue weighted by Crippen LogP contribution is -2.48. The summed E-state index contributed by atoms with van der Waals surface area (Å²) in [4.78, 5) is 0. The van der Waals surface area contributed by atoms with Crippen molar-refractivity contribution in [2.45, 2.75) is 57.3 Å². The Balaban J connectivity index is 1.75. The van der Waals surface area contributed by atoms with Crippen molar-refractivity contribution in [2.24, 2.45) is 0 Å². The minimum atomic E-state index is -0.601. The molecule has 1 fully saturated rings. The first-order chi connectivity index (χ1) is 10.5. The average molecular weight is 307 g/mol. The van der Waals surface area contributed by atoms with Crippen LogP contribution >= 0.6 is 0 Å². The molecule has 0 aromatic heterocycles. The summed E-state index contributed by atoms with van der Waals surface area (Å²) in [6.45, 7) is 6.48. The zero-order valence-electron chi connectivity index (χ0n) is 14.0. The van der Waals surface area contributed by atoms with Crippen molar-refractivity contribution in [2.75, 3.05) is 20.3 Å². The maximum absolute atomic E-state index is 10.8. The van der Waals surface area contributed by atoms with Crippen LogP contribution in [0.4, 0.5) is 0 Å². The number of ether oxygens (including phenoxy) is 2. The van der Waals surface area contributed by atoms with E-state index in [2.05, 4.69) is 31.3 Å². The maximum atomic E-state index is 10.8. The van der Waals surface area contributed by atoms with E-state index in [-0.39, 0.29) is 5.60 Å². The number of benzene rings is 1. The van der Waals surface area contributed by atoms with Crippen molar-refractivity contribution in [3.05, 3.63) is 29.8 Å². The van der Waals surface area contributed by atoms with Crippen LogP contribution in [-0.4, -0.2) is 36.6 Å². The van der Waals surface area contributed by atoms with E-state index in [9.17, 15) is 5.11 Å². The molecule has 1 saturated heterocycles. The van der Waals surface area contributed by atoms with E-state index < -0.39 is 5.60 Å². The summed E-state index contributed by atoms with van der Waals surface area (Å²) < 4.78 is 11.0. The van der Waals surface area contributed by atoms with Gasteiger partial charge in [-0.1, -0.05) is 19.1 Å². The molecule has 2 N–H and O–H groups in total. The summed E-state index contributed by atoms with van der Waals surface area (Å²) in [7, 11) is 1.67. The lowest BCUT2D eigenvalue weighted by molar-refractivity contribution is -0.155. The van der Waals surface area contributed by atoms with Crippen molar-refractivity contribution in [1.29, 1.82) is 0 Å². The van der Waals surface area contributed by atoms with Crippen molar-refractivity contribution >= 4 is 0 Å². The highest BCUT2D eigenvalue weighted by atomic mass is 16.5. The molecule has 1 aliphatic heterocycles. The quantitative estimate of drug-likeness (QED) is 0.761. The predicted molar refractivity (Wildman–Crippen MR) is 88.1 cm³/mol. The van der Waals surface area contributed by atoms with E-state index in [0.717, 1.165) is 44.5 Å². The molecule has 1 aliphatic rings. The number of rotatable bonds is 7. The van der Waals surface area contributed by atoms with Crippen LogP contribution in [0.3, 0.4) is 0 Å². The molecule has 0 unspecified atom stereocenters. The standard InChI is InChI=1S/C18H29NO3/c1-4-17(2)14-18(20,10-12-22-17)9-11-19-13-15-5-7-16(21-3)8-6-15/h5-8,19-20H,4,9-14H2,1-3H3/t17-,18+/m0/s1. The number of hydrogen-bond acceptors (Lipinski definition) is 4. The summed E-state index contributed by atoms with van der Waals surface area (Å²) in [5.41, 5.74) is 0.442. The molecule has 4 nitrogen and oxygen atoms in total. The second-order valence-corrected chi connectivity index (χ2v) is 6.58. The van der Waals surface area contributed by atoms with Crippen LogP contribution < -0.4 is 10.1 Å². The number of aliphatic hydroxyl groups is 1. The van der Waals surface area contributed by atoms with E-state index >= 15 is 0 Å². The Bertz CT molecular complexity index is 462. The molecule has 0 aliphatic carbocycles. The molecule has 2 atom stereocenters. The molecule has 1 aromatic rings. The van der Waals surface area contributed by atoms with Gasteiger partial charge in [0.25, 0.3) is 0 Å². The molecular weight excluding hydrogens is 278 g/mol. The Morgan fingerprint density at radius 3 is 2.68 bits per heavy atom. The summed E-state index contributed by atoms with van der Waals surface area (Å²) >= 11 is 0. The third-order valence-electron chi connectivity index (χ3n) is 4.72. The first-order valence-electron chi connectivity index (χ1n) is 8.19. The highest BCUT2D eigenvalue weighted by molar-refractivity contribution is 5.26. The monoisotopic (exact) mass is 307 g/mol. The van der Waals surface area contributed by atoms with E-state index in [0.29, 0.717) is 6.61 Å². The number of methoxy groups -OCH3 is 1. The van der Waals surface area contributed by atoms with Gasteiger partial charge in [0.2, 0.25) is 0 Å². The Kier molecular flexibility index (Phi) is 5.84. The number of nitrogens with one attached hydrogen (secondary N) is 1. The van der Waals surface area contributed by atoms with Crippen molar-refractivity contribution in [1.82, 2.24) is 5.32 Å². The normalized spacial score (nSPS) is 28.5. The van der Waals surface area contributed by atoms with Crippen LogP contribution in [0.5, 0.6) is 5.75 Å². The Hall–Kier alpha value is -1.10. The molecule has 124 valence electrons. The highest BCUT2D eigenvalue weighted by Crippen LogP contribution is 2.36. The topological polar surface area (TPSA) is 50.7 Å². The molecule has 4 heteroatoms. The van der Waals surface area contributed by atoms with Crippen LogP contribution in [-0.2, 0) is 11.3 Å². The van der Waals surface area contributed by atoms with Gasteiger partial charge in [-0.05, 0) is 50.4 Å². The Morgan fingerprint density at radius 1 is 1.32 bits per heavy atom. The van der Waals surface area contributed by atoms with Crippen molar-refractivity contribution in [3.8, 4) is 5.75 Å². The van der Waals surface area contributed by atoms with Crippen molar-refractivity contribution in [3.63, 3.8) is 0 Å². The van der Waals surface area contributed by atoms with E-state index in [1.165, 1.54) is 5.56 Å². The Morgan fingerprint density at radius 2 is 2.05 bits per heavy atom. The van der Waals surface area contributed by atoms with Gasteiger partial charge in [0.05, 0.1) is 24.9 Å². The minimum absolute atomic E-state index is 0.178. The van der Waals surface area contributed by atoms with E-state index in [1.807, 2.05) is 12.1 Å². The first kappa shape index (κ1) is 17.3. The van der Waals surface area contributed by atoms with Gasteiger partial charge >= 0.3 is 0 Å². The second kappa shape index (κ2) is 7.44. The molecular formula is C18H29NO3. The van der Waals surface area contributed by atoms with E-state index in [4.69, 9.17) is 9.47 Å². The minimum Gasteiger partial charge on any atom is -0.497 e. The SMILES string of the molecule is CC[C@@]1(C)C[C@@](O)(CCNCc2ccc(OC)cc2)CCO1. The lowest BCUT2D eigenvalue weighted by Gasteiger charge is -2.43. The van der Waals surface area contributed by atoms with Crippen LogP contribution in [0.15, 0.2) is 24.3 Å². The molecule has 1 heterocycles. The van der Waals surface area contributed by atoms with Gasteiger partial charge in [-0.25, -0.2) is 0 Å². The zero-order valence-corrected chi connectivity index (χ0v) is 14.0. The molecule has 1 aromatic carbocycles. The summed E-state index contributed by atoms with van der Waals surface area (Å²) in [6, 6.07) is 8.05. The smallest absolute Gasteiger partial charge is 0.118 e. The number of hydrogen-bond donors (Lipinski definition) is 2. The highest BCUT2D eigenvalue weighted by Gasteiger charge is 2.40. The van der Waals surface area contributed by atoms with Gasteiger partial charge in [0.1, 0.15) is 5.75 Å². The summed E-state index contributed by atoms with van der Waals surface area (Å²) in [5, 5.41) is 14.2. The maximum Gasteiger partial charge on any atom is 0.118 e. The second-order valence-electron chi connectivity index (χ2n) is 6.58. The Labute approximate surface area is 133 Å². The van der Waals surface area contributed by atoms with Crippen LogP contribution in [0.1, 0.15) is 45.1 Å². The molecule has 0 saturated carbocycles. The molecule has 0 radical (unpaired) electrons. The molecule has 0 amide bonds. The summed E-state index contributed by atoms with van der Waals surface area (Å²) in [5.74, 6) is 0.874. The predicted octanol–water partition coefficient (Wildman–Crippen LogP) is 2.89. The van der Waals surface area contributed by atoms with Crippen LogP contribution in [0.2, 0.25) is 0 Å². The average Bonchev–Trinajstić information content (AvgIpc) is 2.52. The van der Waals surface area contributed by atoms with Gasteiger partial charge in [0.15, 0.2) is 0 Å². The largest absolute Gasteiger partial charge is 0.497 e. The van der Waals surface area contributed by atoms with Gasteiger partial charge < -0.3 is 19.9 Å². The van der Waals surface area contributed by atoms with Gasteiger partial charge in [-0.2, -0.15) is 0 Å². The summed E-state index contributed by atoms with van der Waals surface area (Å²) in [6.07, 6.45) is 3.16. The van der Waals surface area contributed by atoms with Gasteiger partial charge in [-0.15, -0.1) is 0 Å². The third-order valence-corrected chi connectivity index (χ3v) is 4.72. The fourth-order valence-electron chi connectivity index (χ4n) is 3.06. The fraction of sp³-hybridized carbons (Fsp3) is 0.667. The molecule has 2 rings (SSSR count). The van der Waals surface area contributed by atoms with Crippen LogP contribution in [0, 0.1) is 0 Å². The zero-order chi connectivity index (χ0) is 16.1. The first-order valence-corrected chi connectivity index (χ1v) is 8.19. The van der Waals surface area contributed by atoms with Gasteiger partial charge in [0, 0.05) is 13.0 Å². The molecule has 22 heavy (non-hydrogen) atoms. The molecule has 0 bridgehead atoms. The van der Waals surface area contributed by atoms with E-state index in [1.54, 1.807) is 7.11 Å². The van der Waals surface area contributed by atoms with Gasteiger partial charge in [-0.3, -0.25) is 0 Å². The van der Waals surface area contributed by atoms with Crippen LogP contribution in [0.25, 0.3) is 0 Å². The third kappa shape index (κ3) is 4.70. The fourth-order valence-corrected chi connectivity index (χ4v) is 3.06. The molecule has 0 spiro atoms.